The number of amides is 2. The van der Waals surface area contributed by atoms with Crippen molar-refractivity contribution in [3.8, 4) is 0 Å². The van der Waals surface area contributed by atoms with E-state index in [4.69, 9.17) is 0 Å². The number of fused-ring (bicyclic) bond motifs is 1. The van der Waals surface area contributed by atoms with Crippen molar-refractivity contribution >= 4 is 32.6 Å². The van der Waals surface area contributed by atoms with Crippen LogP contribution in [-0.4, -0.2) is 55.1 Å². The minimum absolute atomic E-state index is 0.116. The summed E-state index contributed by atoms with van der Waals surface area (Å²) in [6, 6.07) is 19.6. The fourth-order valence-corrected chi connectivity index (χ4v) is 6.19. The van der Waals surface area contributed by atoms with Crippen molar-refractivity contribution in [3.63, 3.8) is 0 Å². The van der Waals surface area contributed by atoms with E-state index in [1.165, 1.54) is 18.4 Å². The summed E-state index contributed by atoms with van der Waals surface area (Å²) in [6.45, 7) is 3.52. The number of sulfonamides is 1. The maximum absolute atomic E-state index is 13.6. The third-order valence-corrected chi connectivity index (χ3v) is 9.14. The first-order valence-corrected chi connectivity index (χ1v) is 14.7. The minimum atomic E-state index is -3.92. The van der Waals surface area contributed by atoms with Crippen molar-refractivity contribution in [2.45, 2.75) is 69.5 Å². The first-order valence-electron chi connectivity index (χ1n) is 13.3. The molecule has 0 aromatic heterocycles. The Labute approximate surface area is 225 Å². The minimum Gasteiger partial charge on any atom is -0.352 e. The SMILES string of the molecule is Cc1cccc(CN(C(=O)CN(C)S(=O)(=O)c2ccc3ccccc3c2)C(C)C(=O)NC2CCCCC2)c1. The zero-order chi connectivity index (χ0) is 27.3. The molecule has 0 bridgehead atoms. The predicted molar refractivity (Wildman–Crippen MR) is 150 cm³/mol. The average molecular weight is 536 g/mol. The van der Waals surface area contributed by atoms with Crippen LogP contribution in [-0.2, 0) is 26.2 Å². The number of aryl methyl sites for hydroxylation is 1. The molecule has 1 atom stereocenters. The van der Waals surface area contributed by atoms with Crippen LogP contribution in [0.3, 0.4) is 0 Å². The van der Waals surface area contributed by atoms with Crippen LogP contribution in [0.25, 0.3) is 10.8 Å². The van der Waals surface area contributed by atoms with Gasteiger partial charge in [0, 0.05) is 19.6 Å². The fraction of sp³-hybridized carbons (Fsp3) is 0.400. The van der Waals surface area contributed by atoms with Crippen LogP contribution in [0.5, 0.6) is 0 Å². The molecule has 1 aliphatic carbocycles. The number of likely N-dealkylation sites (N-methyl/N-ethyl adjacent to an activating group) is 1. The molecular weight excluding hydrogens is 498 g/mol. The van der Waals surface area contributed by atoms with Crippen LogP contribution >= 0.6 is 0 Å². The summed E-state index contributed by atoms with van der Waals surface area (Å²) in [5.74, 6) is -0.636. The van der Waals surface area contributed by atoms with Crippen molar-refractivity contribution in [2.24, 2.45) is 0 Å². The highest BCUT2D eigenvalue weighted by molar-refractivity contribution is 7.89. The molecule has 0 heterocycles. The van der Waals surface area contributed by atoms with E-state index >= 15 is 0 Å². The van der Waals surface area contributed by atoms with Gasteiger partial charge in [-0.15, -0.1) is 0 Å². The summed E-state index contributed by atoms with van der Waals surface area (Å²) in [5.41, 5.74) is 1.93. The van der Waals surface area contributed by atoms with E-state index in [0.717, 1.165) is 51.9 Å². The number of nitrogens with zero attached hydrogens (tertiary/aromatic N) is 2. The van der Waals surface area contributed by atoms with E-state index in [0.29, 0.717) is 0 Å². The molecule has 4 rings (SSSR count). The zero-order valence-corrected chi connectivity index (χ0v) is 23.2. The molecule has 202 valence electrons. The molecular formula is C30H37N3O4S. The van der Waals surface area contributed by atoms with Crippen LogP contribution in [0.1, 0.15) is 50.2 Å². The normalized spacial score (nSPS) is 15.4. The Balaban J connectivity index is 1.54. The van der Waals surface area contributed by atoms with Crippen LogP contribution in [0.2, 0.25) is 0 Å². The van der Waals surface area contributed by atoms with Gasteiger partial charge in [0.05, 0.1) is 11.4 Å². The lowest BCUT2D eigenvalue weighted by atomic mass is 9.95. The number of carbonyl (C=O) groups is 2. The highest BCUT2D eigenvalue weighted by Gasteiger charge is 2.31. The van der Waals surface area contributed by atoms with Crippen LogP contribution in [0.4, 0.5) is 0 Å². The molecule has 2 amide bonds. The van der Waals surface area contributed by atoms with Crippen LogP contribution in [0, 0.1) is 6.92 Å². The predicted octanol–water partition coefficient (Wildman–Crippen LogP) is 4.63. The summed E-state index contributed by atoms with van der Waals surface area (Å²) >= 11 is 0. The van der Waals surface area contributed by atoms with E-state index in [-0.39, 0.29) is 29.9 Å². The van der Waals surface area contributed by atoms with Crippen molar-refractivity contribution in [2.75, 3.05) is 13.6 Å². The summed E-state index contributed by atoms with van der Waals surface area (Å²) in [6.07, 6.45) is 5.23. The van der Waals surface area contributed by atoms with Crippen molar-refractivity contribution in [1.29, 1.82) is 0 Å². The van der Waals surface area contributed by atoms with Gasteiger partial charge in [0.25, 0.3) is 0 Å². The Morgan fingerprint density at radius 2 is 1.66 bits per heavy atom. The average Bonchev–Trinajstić information content (AvgIpc) is 2.91. The van der Waals surface area contributed by atoms with E-state index in [1.54, 1.807) is 25.1 Å². The molecule has 3 aromatic rings. The number of carbonyl (C=O) groups excluding carboxylic acids is 2. The highest BCUT2D eigenvalue weighted by Crippen LogP contribution is 2.22. The molecule has 8 heteroatoms. The molecule has 1 unspecified atom stereocenters. The lowest BCUT2D eigenvalue weighted by molar-refractivity contribution is -0.141. The third kappa shape index (κ3) is 6.60. The summed E-state index contributed by atoms with van der Waals surface area (Å²) in [7, 11) is -2.52. The van der Waals surface area contributed by atoms with Crippen molar-refractivity contribution in [3.05, 3.63) is 77.9 Å². The lowest BCUT2D eigenvalue weighted by Crippen LogP contribution is -2.52. The standard InChI is InChI=1S/C30H37N3O4S/c1-22-10-9-11-24(18-22)20-33(23(2)30(35)31-27-14-5-4-6-15-27)29(34)21-32(3)38(36,37)28-17-16-25-12-7-8-13-26(25)19-28/h7-13,16-19,23,27H,4-6,14-15,20-21H2,1-3H3,(H,31,35). The molecule has 0 spiro atoms. The molecule has 0 aliphatic heterocycles. The van der Waals surface area contributed by atoms with E-state index in [9.17, 15) is 18.0 Å². The topological polar surface area (TPSA) is 86.8 Å². The van der Waals surface area contributed by atoms with Gasteiger partial charge in [-0.1, -0.05) is 79.4 Å². The molecule has 0 saturated heterocycles. The van der Waals surface area contributed by atoms with Crippen LogP contribution < -0.4 is 5.32 Å². The lowest BCUT2D eigenvalue weighted by Gasteiger charge is -2.32. The van der Waals surface area contributed by atoms with Gasteiger partial charge < -0.3 is 10.2 Å². The molecule has 1 fully saturated rings. The van der Waals surface area contributed by atoms with Gasteiger partial charge in [0.15, 0.2) is 0 Å². The van der Waals surface area contributed by atoms with Gasteiger partial charge in [-0.3, -0.25) is 9.59 Å². The first kappa shape index (κ1) is 27.8. The Morgan fingerprint density at radius 3 is 2.37 bits per heavy atom. The smallest absolute Gasteiger partial charge is 0.243 e. The molecule has 1 N–H and O–H groups in total. The molecule has 7 nitrogen and oxygen atoms in total. The third-order valence-electron chi connectivity index (χ3n) is 7.34. The van der Waals surface area contributed by atoms with Gasteiger partial charge >= 0.3 is 0 Å². The quantitative estimate of drug-likeness (QED) is 0.433. The Hall–Kier alpha value is -3.23. The monoisotopic (exact) mass is 535 g/mol. The zero-order valence-electron chi connectivity index (χ0n) is 22.4. The Bertz CT molecular complexity index is 1400. The largest absolute Gasteiger partial charge is 0.352 e. The number of hydrogen-bond acceptors (Lipinski definition) is 4. The molecule has 38 heavy (non-hydrogen) atoms. The molecule has 3 aromatic carbocycles. The Kier molecular flexibility index (Phi) is 8.84. The second-order valence-electron chi connectivity index (χ2n) is 10.3. The number of nitrogens with one attached hydrogen (secondary N) is 1. The van der Waals surface area contributed by atoms with Gasteiger partial charge in [-0.2, -0.15) is 4.31 Å². The first-order chi connectivity index (χ1) is 18.1. The number of rotatable bonds is 9. The van der Waals surface area contributed by atoms with E-state index < -0.39 is 22.0 Å². The Morgan fingerprint density at radius 1 is 0.947 bits per heavy atom. The van der Waals surface area contributed by atoms with Gasteiger partial charge in [0.1, 0.15) is 6.04 Å². The molecule has 0 radical (unpaired) electrons. The fourth-order valence-electron chi connectivity index (χ4n) is 5.03. The molecule has 1 aliphatic rings. The highest BCUT2D eigenvalue weighted by atomic mass is 32.2. The second kappa shape index (κ2) is 12.1. The van der Waals surface area contributed by atoms with E-state index in [1.807, 2.05) is 55.5 Å². The second-order valence-corrected chi connectivity index (χ2v) is 12.3. The molecule has 1 saturated carbocycles. The maximum Gasteiger partial charge on any atom is 0.243 e. The number of benzene rings is 3. The summed E-state index contributed by atoms with van der Waals surface area (Å²) < 4.78 is 27.8. The summed E-state index contributed by atoms with van der Waals surface area (Å²) in [4.78, 5) is 28.4. The van der Waals surface area contributed by atoms with E-state index in [2.05, 4.69) is 5.32 Å². The van der Waals surface area contributed by atoms with Crippen LogP contribution in [0.15, 0.2) is 71.6 Å². The maximum atomic E-state index is 13.6. The van der Waals surface area contributed by atoms with Gasteiger partial charge in [-0.25, -0.2) is 8.42 Å². The summed E-state index contributed by atoms with van der Waals surface area (Å²) in [5, 5.41) is 4.86. The van der Waals surface area contributed by atoms with Gasteiger partial charge in [-0.05, 0) is 55.2 Å². The number of hydrogen-bond donors (Lipinski definition) is 1. The van der Waals surface area contributed by atoms with Crippen molar-refractivity contribution < 1.29 is 18.0 Å². The van der Waals surface area contributed by atoms with Gasteiger partial charge in [0.2, 0.25) is 21.8 Å². The van der Waals surface area contributed by atoms with Crippen molar-refractivity contribution in [1.82, 2.24) is 14.5 Å².